The molecule has 0 aliphatic rings. The summed E-state index contributed by atoms with van der Waals surface area (Å²) in [6, 6.07) is 0. The Morgan fingerprint density at radius 3 is 2.75 bits per heavy atom. The zero-order valence-electron chi connectivity index (χ0n) is 11.9. The number of nitrogens with zero attached hydrogens (tertiary/aromatic N) is 3. The number of aromatic nitrogens is 4. The molecule has 0 aliphatic heterocycles. The Morgan fingerprint density at radius 2 is 2.15 bits per heavy atom. The van der Waals surface area contributed by atoms with Gasteiger partial charge in [-0.05, 0) is 13.3 Å². The molecular weight excluding hydrogens is 276 g/mol. The van der Waals surface area contributed by atoms with E-state index >= 15 is 0 Å². The van der Waals surface area contributed by atoms with Gasteiger partial charge in [0.15, 0.2) is 16.3 Å². The van der Waals surface area contributed by atoms with Gasteiger partial charge >= 0.3 is 5.69 Å². The monoisotopic (exact) mass is 294 g/mol. The van der Waals surface area contributed by atoms with Crippen LogP contribution in [0.2, 0.25) is 0 Å². The van der Waals surface area contributed by atoms with Crippen molar-refractivity contribution < 1.29 is 0 Å². The molecule has 0 aliphatic carbocycles. The Hall–Kier alpha value is -1.76. The second-order valence-electron chi connectivity index (χ2n) is 4.78. The summed E-state index contributed by atoms with van der Waals surface area (Å²) in [5, 5.41) is 0.747. The summed E-state index contributed by atoms with van der Waals surface area (Å²) < 4.78 is 3.19. The molecule has 1 N–H and O–H groups in total. The molecule has 2 aromatic rings. The van der Waals surface area contributed by atoms with E-state index in [0.717, 1.165) is 22.9 Å². The van der Waals surface area contributed by atoms with Crippen LogP contribution in [0.5, 0.6) is 0 Å². The highest BCUT2D eigenvalue weighted by Crippen LogP contribution is 2.22. The van der Waals surface area contributed by atoms with Gasteiger partial charge < -0.3 is 4.57 Å². The maximum absolute atomic E-state index is 12.1. The number of aromatic amines is 1. The van der Waals surface area contributed by atoms with Crippen LogP contribution in [0.4, 0.5) is 0 Å². The van der Waals surface area contributed by atoms with E-state index in [4.69, 9.17) is 0 Å². The van der Waals surface area contributed by atoms with Crippen molar-refractivity contribution in [3.63, 3.8) is 0 Å². The lowest BCUT2D eigenvalue weighted by molar-refractivity contribution is 0.719. The Balaban J connectivity index is 2.75. The highest BCUT2D eigenvalue weighted by Gasteiger charge is 2.17. The van der Waals surface area contributed by atoms with Gasteiger partial charge in [-0.1, -0.05) is 30.8 Å². The summed E-state index contributed by atoms with van der Waals surface area (Å²) in [7, 11) is 1.60. The fourth-order valence-corrected chi connectivity index (χ4v) is 2.78. The first-order chi connectivity index (χ1) is 9.45. The number of fused-ring (bicyclic) bond motifs is 1. The smallest absolute Gasteiger partial charge is 0.309 e. The summed E-state index contributed by atoms with van der Waals surface area (Å²) in [6.45, 7) is 8.39. The quantitative estimate of drug-likeness (QED) is 0.670. The predicted octanol–water partition coefficient (Wildman–Crippen LogP) is 1.50. The minimum absolute atomic E-state index is 0.403. The van der Waals surface area contributed by atoms with E-state index in [2.05, 4.69) is 23.5 Å². The van der Waals surface area contributed by atoms with Crippen LogP contribution < -0.4 is 11.2 Å². The molecule has 0 bridgehead atoms. The topological polar surface area (TPSA) is 72.7 Å². The van der Waals surface area contributed by atoms with Crippen LogP contribution >= 0.6 is 11.8 Å². The van der Waals surface area contributed by atoms with Gasteiger partial charge in [0.25, 0.3) is 5.56 Å². The molecule has 2 aromatic heterocycles. The molecule has 6 nitrogen and oxygen atoms in total. The molecule has 20 heavy (non-hydrogen) atoms. The van der Waals surface area contributed by atoms with E-state index in [0.29, 0.717) is 17.7 Å². The predicted molar refractivity (Wildman–Crippen MR) is 81.4 cm³/mol. The lowest BCUT2D eigenvalue weighted by Crippen LogP contribution is -2.29. The number of H-pyrrole nitrogens is 1. The lowest BCUT2D eigenvalue weighted by Gasteiger charge is -2.07. The van der Waals surface area contributed by atoms with Crippen LogP contribution in [-0.2, 0) is 13.6 Å². The third-order valence-electron chi connectivity index (χ3n) is 2.84. The van der Waals surface area contributed by atoms with E-state index < -0.39 is 11.2 Å². The minimum Gasteiger partial charge on any atom is -0.309 e. The first kappa shape index (κ1) is 14.6. The number of thioether (sulfide) groups is 1. The van der Waals surface area contributed by atoms with Gasteiger partial charge in [0.05, 0.1) is 0 Å². The molecule has 7 heteroatoms. The van der Waals surface area contributed by atoms with Crippen LogP contribution in [0.15, 0.2) is 26.9 Å². The standard InChI is InChI=1S/C13H18N4O2S/c1-5-6-20-13-14-10-9(17(13)7-8(2)3)11(18)15-12(19)16(10)4/h2,5-7H2,1,3-4H3,(H,15,18,19). The first-order valence-electron chi connectivity index (χ1n) is 6.42. The second-order valence-corrected chi connectivity index (χ2v) is 5.84. The summed E-state index contributed by atoms with van der Waals surface area (Å²) in [5.74, 6) is 0.908. The molecular formula is C13H18N4O2S. The number of aryl methyl sites for hydroxylation is 1. The molecule has 108 valence electrons. The highest BCUT2D eigenvalue weighted by molar-refractivity contribution is 7.99. The van der Waals surface area contributed by atoms with Crippen molar-refractivity contribution in [3.8, 4) is 0 Å². The minimum atomic E-state index is -0.450. The number of nitrogens with one attached hydrogen (secondary N) is 1. The van der Waals surface area contributed by atoms with Crippen LogP contribution in [0.25, 0.3) is 11.2 Å². The maximum Gasteiger partial charge on any atom is 0.329 e. The van der Waals surface area contributed by atoms with Crippen molar-refractivity contribution in [3.05, 3.63) is 33.0 Å². The Morgan fingerprint density at radius 1 is 1.45 bits per heavy atom. The van der Waals surface area contributed by atoms with Crippen molar-refractivity contribution in [2.75, 3.05) is 5.75 Å². The normalized spacial score (nSPS) is 11.2. The maximum atomic E-state index is 12.1. The molecule has 2 heterocycles. The first-order valence-corrected chi connectivity index (χ1v) is 7.41. The molecule has 0 amide bonds. The Kier molecular flexibility index (Phi) is 4.17. The number of hydrogen-bond donors (Lipinski definition) is 1. The summed E-state index contributed by atoms with van der Waals surface area (Å²) in [4.78, 5) is 30.5. The summed E-state index contributed by atoms with van der Waals surface area (Å²) >= 11 is 1.58. The SMILES string of the molecule is C=C(C)Cn1c(SCCC)nc2c1c(=O)[nH]c(=O)n2C. The summed E-state index contributed by atoms with van der Waals surface area (Å²) in [5.41, 5.74) is 0.915. The highest BCUT2D eigenvalue weighted by atomic mass is 32.2. The van der Waals surface area contributed by atoms with Crippen molar-refractivity contribution in [2.45, 2.75) is 32.0 Å². The molecule has 0 radical (unpaired) electrons. The fraction of sp³-hybridized carbons (Fsp3) is 0.462. The molecule has 0 unspecified atom stereocenters. The van der Waals surface area contributed by atoms with E-state index in [9.17, 15) is 9.59 Å². The zero-order valence-corrected chi connectivity index (χ0v) is 12.7. The van der Waals surface area contributed by atoms with Gasteiger partial charge in [-0.15, -0.1) is 0 Å². The fourth-order valence-electron chi connectivity index (χ4n) is 1.93. The van der Waals surface area contributed by atoms with Crippen molar-refractivity contribution in [2.24, 2.45) is 7.05 Å². The van der Waals surface area contributed by atoms with Crippen molar-refractivity contribution in [1.29, 1.82) is 0 Å². The molecule has 2 rings (SSSR count). The molecule has 0 saturated heterocycles. The number of imidazole rings is 1. The van der Waals surface area contributed by atoms with Crippen LogP contribution in [0, 0.1) is 0 Å². The van der Waals surface area contributed by atoms with Gasteiger partial charge in [0, 0.05) is 19.3 Å². The van der Waals surface area contributed by atoms with Crippen molar-refractivity contribution in [1.82, 2.24) is 19.1 Å². The molecule has 0 spiro atoms. The number of hydrogen-bond acceptors (Lipinski definition) is 4. The third-order valence-corrected chi connectivity index (χ3v) is 4.02. The average molecular weight is 294 g/mol. The Labute approximate surface area is 120 Å². The van der Waals surface area contributed by atoms with Crippen LogP contribution in [-0.4, -0.2) is 24.9 Å². The third kappa shape index (κ3) is 2.58. The van der Waals surface area contributed by atoms with Crippen molar-refractivity contribution >= 4 is 22.9 Å². The van der Waals surface area contributed by atoms with E-state index in [-0.39, 0.29) is 0 Å². The van der Waals surface area contributed by atoms with Gasteiger partial charge in [0.2, 0.25) is 0 Å². The molecule has 0 saturated carbocycles. The Bertz CT molecular complexity index is 769. The zero-order chi connectivity index (χ0) is 14.9. The van der Waals surface area contributed by atoms with Gasteiger partial charge in [-0.3, -0.25) is 14.3 Å². The van der Waals surface area contributed by atoms with Gasteiger partial charge in [-0.25, -0.2) is 9.78 Å². The molecule has 0 fully saturated rings. The number of allylic oxidation sites excluding steroid dienone is 1. The van der Waals surface area contributed by atoms with E-state index in [1.807, 2.05) is 11.5 Å². The second kappa shape index (κ2) is 5.70. The van der Waals surface area contributed by atoms with Gasteiger partial charge in [0.1, 0.15) is 0 Å². The largest absolute Gasteiger partial charge is 0.329 e. The van der Waals surface area contributed by atoms with E-state index in [1.165, 1.54) is 4.57 Å². The van der Waals surface area contributed by atoms with Gasteiger partial charge in [-0.2, -0.15) is 0 Å². The molecule has 0 aromatic carbocycles. The summed E-state index contributed by atoms with van der Waals surface area (Å²) in [6.07, 6.45) is 1.01. The van der Waals surface area contributed by atoms with Crippen LogP contribution in [0.1, 0.15) is 20.3 Å². The van der Waals surface area contributed by atoms with E-state index in [1.54, 1.807) is 18.8 Å². The number of rotatable bonds is 5. The lowest BCUT2D eigenvalue weighted by atomic mass is 10.3. The molecule has 0 atom stereocenters. The average Bonchev–Trinajstić information content (AvgIpc) is 2.72. The van der Waals surface area contributed by atoms with Crippen LogP contribution in [0.3, 0.4) is 0 Å².